The summed E-state index contributed by atoms with van der Waals surface area (Å²) < 4.78 is 0. The van der Waals surface area contributed by atoms with E-state index in [0.717, 1.165) is 29.7 Å². The molecule has 0 radical (unpaired) electrons. The summed E-state index contributed by atoms with van der Waals surface area (Å²) in [6, 6.07) is 27.3. The van der Waals surface area contributed by atoms with Gasteiger partial charge < -0.3 is 15.3 Å². The van der Waals surface area contributed by atoms with E-state index in [1.54, 1.807) is 14.0 Å². The molecule has 0 fully saturated rings. The number of aliphatic hydroxyl groups excluding tert-OH is 1. The molecule has 0 spiro atoms. The van der Waals surface area contributed by atoms with Crippen LogP contribution < -0.4 is 10.2 Å². The van der Waals surface area contributed by atoms with E-state index in [0.29, 0.717) is 12.1 Å². The van der Waals surface area contributed by atoms with Gasteiger partial charge in [0.15, 0.2) is 0 Å². The lowest BCUT2D eigenvalue weighted by Gasteiger charge is -2.23. The number of rotatable bonds is 8. The average molecular weight is 470 g/mol. The van der Waals surface area contributed by atoms with Crippen LogP contribution in [0.1, 0.15) is 36.5 Å². The smallest absolute Gasteiger partial charge is 0.272 e. The number of hydrogen-bond acceptors (Lipinski definition) is 4. The molecule has 1 aliphatic rings. The number of benzodiazepines with no additional fused rings is 1. The van der Waals surface area contributed by atoms with Gasteiger partial charge in [0.2, 0.25) is 12.1 Å². The van der Waals surface area contributed by atoms with Crippen LogP contribution in [0.5, 0.6) is 0 Å². The maximum absolute atomic E-state index is 13.3. The quantitative estimate of drug-likeness (QED) is 0.524. The number of anilines is 1. The Hall–Kier alpha value is -3.77. The average Bonchev–Trinajstić information content (AvgIpc) is 3.00. The minimum Gasteiger partial charge on any atom is -0.392 e. The molecule has 1 heterocycles. The SMILES string of the molecule is C[C@@H](C(=O)NC1N=C(c2ccccc2)c2ccccc2N(C)C1=O)C(O)CCCc1ccccc1. The number of amides is 2. The molecule has 0 saturated carbocycles. The molecule has 0 aliphatic carbocycles. The molecule has 3 aromatic rings. The number of carbonyl (C=O) groups excluding carboxylic acids is 2. The molecule has 6 heteroatoms. The molecule has 35 heavy (non-hydrogen) atoms. The van der Waals surface area contributed by atoms with Gasteiger partial charge in [-0.1, -0.05) is 85.8 Å². The minimum absolute atomic E-state index is 0.331. The third-order valence-electron chi connectivity index (χ3n) is 6.47. The number of nitrogens with one attached hydrogen (secondary N) is 1. The van der Waals surface area contributed by atoms with Gasteiger partial charge in [0.25, 0.3) is 5.91 Å². The van der Waals surface area contributed by atoms with Crippen LogP contribution in [0.25, 0.3) is 0 Å². The molecule has 1 aliphatic heterocycles. The summed E-state index contributed by atoms with van der Waals surface area (Å²) in [6.45, 7) is 1.68. The molecule has 0 saturated heterocycles. The topological polar surface area (TPSA) is 82.0 Å². The molecular weight excluding hydrogens is 438 g/mol. The van der Waals surface area contributed by atoms with Gasteiger partial charge in [0.05, 0.1) is 23.4 Å². The van der Waals surface area contributed by atoms with E-state index < -0.39 is 24.1 Å². The number of aryl methyl sites for hydroxylation is 1. The van der Waals surface area contributed by atoms with Crippen molar-refractivity contribution < 1.29 is 14.7 Å². The van der Waals surface area contributed by atoms with E-state index in [4.69, 9.17) is 4.99 Å². The van der Waals surface area contributed by atoms with Crippen LogP contribution in [-0.2, 0) is 16.0 Å². The molecule has 3 aromatic carbocycles. The Labute approximate surface area is 206 Å². The molecule has 2 N–H and O–H groups in total. The molecule has 2 amide bonds. The minimum atomic E-state index is -1.09. The Kier molecular flexibility index (Phi) is 7.73. The molecular formula is C29H31N3O3. The van der Waals surface area contributed by atoms with Crippen molar-refractivity contribution in [3.05, 3.63) is 102 Å². The van der Waals surface area contributed by atoms with Crippen molar-refractivity contribution in [1.29, 1.82) is 0 Å². The fourth-order valence-electron chi connectivity index (χ4n) is 4.29. The highest BCUT2D eigenvalue weighted by atomic mass is 16.3. The summed E-state index contributed by atoms with van der Waals surface area (Å²) in [4.78, 5) is 32.6. The second kappa shape index (κ2) is 11.1. The first-order chi connectivity index (χ1) is 17.0. The van der Waals surface area contributed by atoms with Crippen molar-refractivity contribution in [3.63, 3.8) is 0 Å². The third kappa shape index (κ3) is 5.66. The number of likely N-dealkylation sites (N-methyl/N-ethyl adjacent to an activating group) is 1. The zero-order chi connectivity index (χ0) is 24.8. The Morgan fingerprint density at radius 2 is 1.63 bits per heavy atom. The Morgan fingerprint density at radius 1 is 1.00 bits per heavy atom. The van der Waals surface area contributed by atoms with Gasteiger partial charge in [-0.3, -0.25) is 9.59 Å². The highest BCUT2D eigenvalue weighted by molar-refractivity contribution is 6.20. The second-order valence-corrected chi connectivity index (χ2v) is 8.90. The molecule has 180 valence electrons. The van der Waals surface area contributed by atoms with Gasteiger partial charge in [0, 0.05) is 18.2 Å². The number of nitrogens with zero attached hydrogens (tertiary/aromatic N) is 2. The van der Waals surface area contributed by atoms with Gasteiger partial charge in [0.1, 0.15) is 0 Å². The van der Waals surface area contributed by atoms with E-state index in [1.807, 2.05) is 72.8 Å². The summed E-state index contributed by atoms with van der Waals surface area (Å²) in [5.74, 6) is -1.40. The maximum Gasteiger partial charge on any atom is 0.272 e. The maximum atomic E-state index is 13.3. The number of benzene rings is 3. The zero-order valence-electron chi connectivity index (χ0n) is 20.1. The lowest BCUT2D eigenvalue weighted by Crippen LogP contribution is -2.49. The molecule has 4 rings (SSSR count). The van der Waals surface area contributed by atoms with Crippen LogP contribution >= 0.6 is 0 Å². The van der Waals surface area contributed by atoms with Gasteiger partial charge in [-0.05, 0) is 30.9 Å². The van der Waals surface area contributed by atoms with Crippen LogP contribution in [0, 0.1) is 5.92 Å². The van der Waals surface area contributed by atoms with Crippen LogP contribution in [0.3, 0.4) is 0 Å². The molecule has 0 aromatic heterocycles. The van der Waals surface area contributed by atoms with E-state index >= 15 is 0 Å². The first-order valence-corrected chi connectivity index (χ1v) is 12.0. The lowest BCUT2D eigenvalue weighted by atomic mass is 9.97. The van der Waals surface area contributed by atoms with Crippen molar-refractivity contribution in [1.82, 2.24) is 5.32 Å². The van der Waals surface area contributed by atoms with E-state index in [1.165, 1.54) is 10.5 Å². The summed E-state index contributed by atoms with van der Waals surface area (Å²) >= 11 is 0. The number of hydrogen-bond donors (Lipinski definition) is 2. The van der Waals surface area contributed by atoms with Gasteiger partial charge in [-0.2, -0.15) is 0 Å². The van der Waals surface area contributed by atoms with Crippen LogP contribution in [0.15, 0.2) is 89.9 Å². The predicted octanol–water partition coefficient (Wildman–Crippen LogP) is 3.96. The molecule has 6 nitrogen and oxygen atoms in total. The van der Waals surface area contributed by atoms with Gasteiger partial charge >= 0.3 is 0 Å². The Balaban J connectivity index is 1.50. The monoisotopic (exact) mass is 469 g/mol. The van der Waals surface area contributed by atoms with Gasteiger partial charge in [-0.15, -0.1) is 0 Å². The highest BCUT2D eigenvalue weighted by Crippen LogP contribution is 2.27. The molecule has 2 unspecified atom stereocenters. The Morgan fingerprint density at radius 3 is 2.34 bits per heavy atom. The fraction of sp³-hybridized carbons (Fsp3) is 0.276. The zero-order valence-corrected chi connectivity index (χ0v) is 20.1. The van der Waals surface area contributed by atoms with Crippen LogP contribution in [0.4, 0.5) is 5.69 Å². The molecule has 3 atom stereocenters. The number of fused-ring (bicyclic) bond motifs is 1. The first-order valence-electron chi connectivity index (χ1n) is 12.0. The number of carbonyl (C=O) groups is 2. The van der Waals surface area contributed by atoms with Gasteiger partial charge in [-0.25, -0.2) is 4.99 Å². The van der Waals surface area contributed by atoms with E-state index in [9.17, 15) is 14.7 Å². The van der Waals surface area contributed by atoms with Crippen LogP contribution in [0.2, 0.25) is 0 Å². The largest absolute Gasteiger partial charge is 0.392 e. The predicted molar refractivity (Wildman–Crippen MR) is 138 cm³/mol. The number of para-hydroxylation sites is 1. The fourth-order valence-corrected chi connectivity index (χ4v) is 4.29. The van der Waals surface area contributed by atoms with Crippen LogP contribution in [-0.4, -0.2) is 41.9 Å². The summed E-state index contributed by atoms with van der Waals surface area (Å²) in [5.41, 5.74) is 4.24. The van der Waals surface area contributed by atoms with Crippen molar-refractivity contribution in [2.45, 2.75) is 38.5 Å². The van der Waals surface area contributed by atoms with Crippen molar-refractivity contribution >= 4 is 23.2 Å². The standard InChI is InChI=1S/C29H31N3O3/c1-20(25(33)19-11-14-21-12-5-3-6-13-21)28(34)31-27-29(35)32(2)24-18-10-9-17-23(24)26(30-27)22-15-7-4-8-16-22/h3-10,12-13,15-18,20,25,27,33H,11,14,19H2,1-2H3,(H,31,34)/t20-,25?,27?/m1/s1. The number of aliphatic hydroxyl groups is 1. The molecule has 0 bridgehead atoms. The first kappa shape index (κ1) is 24.4. The third-order valence-corrected chi connectivity index (χ3v) is 6.47. The summed E-state index contributed by atoms with van der Waals surface area (Å²) in [7, 11) is 1.69. The second-order valence-electron chi connectivity index (χ2n) is 8.90. The van der Waals surface area contributed by atoms with E-state index in [-0.39, 0.29) is 5.91 Å². The normalized spacial score (nSPS) is 17.1. The lowest BCUT2D eigenvalue weighted by molar-refractivity contribution is -0.132. The summed E-state index contributed by atoms with van der Waals surface area (Å²) in [6.07, 6.45) is 0.188. The Bertz CT molecular complexity index is 1190. The van der Waals surface area contributed by atoms with Crippen molar-refractivity contribution in [2.75, 3.05) is 11.9 Å². The van der Waals surface area contributed by atoms with E-state index in [2.05, 4.69) is 17.4 Å². The highest BCUT2D eigenvalue weighted by Gasteiger charge is 2.33. The van der Waals surface area contributed by atoms with Crippen molar-refractivity contribution in [2.24, 2.45) is 10.9 Å². The van der Waals surface area contributed by atoms with Crippen molar-refractivity contribution in [3.8, 4) is 0 Å². The number of aliphatic imine (C=N–C) groups is 1. The summed E-state index contributed by atoms with van der Waals surface area (Å²) in [5, 5.41) is 13.4.